The molecule has 1 saturated heterocycles. The van der Waals surface area contributed by atoms with Crippen LogP contribution >= 0.6 is 0 Å². The van der Waals surface area contributed by atoms with Gasteiger partial charge in [-0.1, -0.05) is 27.2 Å². The van der Waals surface area contributed by atoms with E-state index >= 15 is 0 Å². The molecule has 4 unspecified atom stereocenters. The predicted octanol–water partition coefficient (Wildman–Crippen LogP) is 3.78. The van der Waals surface area contributed by atoms with Gasteiger partial charge in [0.1, 0.15) is 12.7 Å². The van der Waals surface area contributed by atoms with Crippen LogP contribution in [-0.2, 0) is 19.0 Å². The molecule has 3 fully saturated rings. The Hall–Kier alpha value is -0.610. The van der Waals surface area contributed by atoms with Crippen LogP contribution in [0.1, 0.15) is 60.3 Å². The number of esters is 1. The fraction of sp³-hybridized carbons (Fsp3) is 0.944. The highest BCUT2D eigenvalue weighted by Gasteiger charge is 2.44. The molecule has 1 aliphatic heterocycles. The minimum Gasteiger partial charge on any atom is -0.463 e. The number of hydrogen-bond acceptors (Lipinski definition) is 4. The summed E-state index contributed by atoms with van der Waals surface area (Å²) in [6.45, 7) is 11.1. The Morgan fingerprint density at radius 2 is 1.91 bits per heavy atom. The molecule has 4 nitrogen and oxygen atoms in total. The van der Waals surface area contributed by atoms with Crippen molar-refractivity contribution in [3.05, 3.63) is 0 Å². The van der Waals surface area contributed by atoms with Crippen LogP contribution in [0.2, 0.25) is 0 Å². The molecule has 3 rings (SSSR count). The maximum atomic E-state index is 12.0. The van der Waals surface area contributed by atoms with Crippen LogP contribution in [0, 0.1) is 23.7 Å². The monoisotopic (exact) mass is 312 g/mol. The second-order valence-electron chi connectivity index (χ2n) is 8.09. The average Bonchev–Trinajstić information content (AvgIpc) is 3.10. The van der Waals surface area contributed by atoms with Crippen molar-refractivity contribution in [3.63, 3.8) is 0 Å². The molecule has 0 amide bonds. The highest BCUT2D eigenvalue weighted by Crippen LogP contribution is 2.48. The summed E-state index contributed by atoms with van der Waals surface area (Å²) >= 11 is 0. The van der Waals surface area contributed by atoms with Crippen molar-refractivity contribution in [1.29, 1.82) is 0 Å². The molecular weight excluding hydrogens is 280 g/mol. The summed E-state index contributed by atoms with van der Waals surface area (Å²) in [5.41, 5.74) is 0. The topological polar surface area (TPSA) is 44.8 Å². The summed E-state index contributed by atoms with van der Waals surface area (Å²) in [6, 6.07) is 0. The van der Waals surface area contributed by atoms with E-state index in [0.29, 0.717) is 19.1 Å². The van der Waals surface area contributed by atoms with Gasteiger partial charge < -0.3 is 14.2 Å². The lowest BCUT2D eigenvalue weighted by molar-refractivity contribution is -0.162. The zero-order valence-corrected chi connectivity index (χ0v) is 14.8. The van der Waals surface area contributed by atoms with Gasteiger partial charge in [-0.2, -0.15) is 0 Å². The molecule has 4 heteroatoms. The fourth-order valence-electron chi connectivity index (χ4n) is 3.66. The molecular formula is C18H32O4. The van der Waals surface area contributed by atoms with E-state index in [1.165, 1.54) is 19.3 Å². The lowest BCUT2D eigenvalue weighted by Gasteiger charge is -2.21. The zero-order valence-electron chi connectivity index (χ0n) is 14.8. The van der Waals surface area contributed by atoms with Gasteiger partial charge in [-0.15, -0.1) is 0 Å². The predicted molar refractivity (Wildman–Crippen MR) is 85.3 cm³/mol. The van der Waals surface area contributed by atoms with Gasteiger partial charge >= 0.3 is 5.97 Å². The van der Waals surface area contributed by atoms with Crippen LogP contribution in [0.5, 0.6) is 0 Å². The van der Waals surface area contributed by atoms with Crippen LogP contribution in [-0.4, -0.2) is 31.1 Å². The van der Waals surface area contributed by atoms with Gasteiger partial charge in [-0.25, -0.2) is 0 Å². The van der Waals surface area contributed by atoms with E-state index in [4.69, 9.17) is 14.2 Å². The molecule has 4 atom stereocenters. The van der Waals surface area contributed by atoms with Crippen molar-refractivity contribution in [2.24, 2.45) is 23.7 Å². The molecule has 2 bridgehead atoms. The van der Waals surface area contributed by atoms with Crippen LogP contribution in [0.25, 0.3) is 0 Å². The zero-order chi connectivity index (χ0) is 16.3. The van der Waals surface area contributed by atoms with E-state index in [1.807, 2.05) is 13.8 Å². The molecule has 3 aliphatic rings. The maximum Gasteiger partial charge on any atom is 0.309 e. The minimum atomic E-state index is -0.538. The number of carbonyl (C=O) groups is 1. The largest absolute Gasteiger partial charge is 0.463 e. The summed E-state index contributed by atoms with van der Waals surface area (Å²) in [6.07, 6.45) is 4.68. The van der Waals surface area contributed by atoms with Gasteiger partial charge in [0.15, 0.2) is 5.79 Å². The van der Waals surface area contributed by atoms with Crippen LogP contribution in [0.15, 0.2) is 0 Å². The first-order valence-electron chi connectivity index (χ1n) is 8.75. The van der Waals surface area contributed by atoms with Gasteiger partial charge in [0, 0.05) is 0 Å². The normalized spacial score (nSPS) is 35.4. The Kier molecular flexibility index (Phi) is 5.89. The second-order valence-corrected chi connectivity index (χ2v) is 8.09. The Morgan fingerprint density at radius 3 is 2.36 bits per heavy atom. The van der Waals surface area contributed by atoms with E-state index in [9.17, 15) is 4.79 Å². The van der Waals surface area contributed by atoms with Gasteiger partial charge in [0.2, 0.25) is 0 Å². The Labute approximate surface area is 134 Å². The Balaban J connectivity index is 0.000000396. The number of carbonyl (C=O) groups excluding carboxylic acids is 1. The van der Waals surface area contributed by atoms with Gasteiger partial charge in [-0.05, 0) is 50.9 Å². The third-order valence-electron chi connectivity index (χ3n) is 4.52. The van der Waals surface area contributed by atoms with Gasteiger partial charge in [0.05, 0.1) is 12.5 Å². The van der Waals surface area contributed by atoms with E-state index in [2.05, 4.69) is 20.8 Å². The average molecular weight is 312 g/mol. The first-order chi connectivity index (χ1) is 10.3. The van der Waals surface area contributed by atoms with Crippen molar-refractivity contribution < 1.29 is 19.0 Å². The maximum absolute atomic E-state index is 12.0. The first-order valence-corrected chi connectivity index (χ1v) is 8.75. The SMILES string of the molecule is CC(C)C.CC1(C)OCC(COC(=O)C2CC3CCC2C3)O1. The van der Waals surface area contributed by atoms with Crippen LogP contribution < -0.4 is 0 Å². The van der Waals surface area contributed by atoms with E-state index < -0.39 is 5.79 Å². The van der Waals surface area contributed by atoms with Gasteiger partial charge in [-0.3, -0.25) is 4.79 Å². The van der Waals surface area contributed by atoms with E-state index in [0.717, 1.165) is 18.3 Å². The molecule has 128 valence electrons. The van der Waals surface area contributed by atoms with Crippen LogP contribution in [0.3, 0.4) is 0 Å². The molecule has 0 aromatic carbocycles. The third-order valence-corrected chi connectivity index (χ3v) is 4.52. The molecule has 2 aliphatic carbocycles. The quantitative estimate of drug-likeness (QED) is 0.744. The summed E-state index contributed by atoms with van der Waals surface area (Å²) in [5, 5.41) is 0. The minimum absolute atomic E-state index is 0.0180. The molecule has 22 heavy (non-hydrogen) atoms. The van der Waals surface area contributed by atoms with Crippen molar-refractivity contribution in [3.8, 4) is 0 Å². The molecule has 0 aromatic heterocycles. The highest BCUT2D eigenvalue weighted by atomic mass is 16.7. The summed E-state index contributed by atoms with van der Waals surface area (Å²) in [4.78, 5) is 12.0. The molecule has 2 saturated carbocycles. The standard InChI is InChI=1S/C14H22O4.C4H10/c1-14(2)17-8-11(18-14)7-16-13(15)12-6-9-3-4-10(12)5-9;1-4(2)3/h9-12H,3-8H2,1-2H3;4H,1-3H3. The number of hydrogen-bond donors (Lipinski definition) is 0. The van der Waals surface area contributed by atoms with Crippen LogP contribution in [0.4, 0.5) is 0 Å². The van der Waals surface area contributed by atoms with Crippen molar-refractivity contribution in [1.82, 2.24) is 0 Å². The first kappa shape index (κ1) is 17.7. The molecule has 0 spiro atoms. The number of ether oxygens (including phenoxy) is 3. The molecule has 0 aromatic rings. The Bertz CT molecular complexity index is 375. The Morgan fingerprint density at radius 1 is 1.23 bits per heavy atom. The molecule has 1 heterocycles. The van der Waals surface area contributed by atoms with Crippen molar-refractivity contribution >= 4 is 5.97 Å². The van der Waals surface area contributed by atoms with E-state index in [1.54, 1.807) is 0 Å². The van der Waals surface area contributed by atoms with Gasteiger partial charge in [0.25, 0.3) is 0 Å². The van der Waals surface area contributed by atoms with E-state index in [-0.39, 0.29) is 18.0 Å². The fourth-order valence-corrected chi connectivity index (χ4v) is 3.66. The highest BCUT2D eigenvalue weighted by molar-refractivity contribution is 5.73. The van der Waals surface area contributed by atoms with Crippen molar-refractivity contribution in [2.45, 2.75) is 72.2 Å². The lowest BCUT2D eigenvalue weighted by atomic mass is 9.89. The number of fused-ring (bicyclic) bond motifs is 2. The summed E-state index contributed by atoms with van der Waals surface area (Å²) in [7, 11) is 0. The lowest BCUT2D eigenvalue weighted by Crippen LogP contribution is -2.29. The second kappa shape index (κ2) is 7.31. The number of rotatable bonds is 3. The third kappa shape index (κ3) is 4.95. The molecule has 0 radical (unpaired) electrons. The van der Waals surface area contributed by atoms with Crippen molar-refractivity contribution in [2.75, 3.05) is 13.2 Å². The summed E-state index contributed by atoms with van der Waals surface area (Å²) in [5.74, 6) is 1.79. The summed E-state index contributed by atoms with van der Waals surface area (Å²) < 4.78 is 16.5. The molecule has 0 N–H and O–H groups in total. The smallest absolute Gasteiger partial charge is 0.309 e.